The first-order valence-corrected chi connectivity index (χ1v) is 9.93. The Labute approximate surface area is 184 Å². The maximum atomic E-state index is 12.2. The minimum atomic E-state index is -0.832. The van der Waals surface area contributed by atoms with Gasteiger partial charge in [-0.25, -0.2) is 4.79 Å². The highest BCUT2D eigenvalue weighted by Gasteiger charge is 2.28. The predicted octanol–water partition coefficient (Wildman–Crippen LogP) is 1.64. The summed E-state index contributed by atoms with van der Waals surface area (Å²) in [6.07, 6.45) is 0.462. The van der Waals surface area contributed by atoms with Gasteiger partial charge < -0.3 is 21.7 Å². The van der Waals surface area contributed by atoms with Crippen LogP contribution in [0.1, 0.15) is 36.9 Å². The van der Waals surface area contributed by atoms with E-state index in [4.69, 9.17) is 5.73 Å². The zero-order valence-electron chi connectivity index (χ0n) is 17.4. The van der Waals surface area contributed by atoms with Gasteiger partial charge in [-0.3, -0.25) is 24.1 Å². The van der Waals surface area contributed by atoms with Gasteiger partial charge in [-0.1, -0.05) is 24.3 Å². The van der Waals surface area contributed by atoms with E-state index >= 15 is 0 Å². The number of amides is 6. The van der Waals surface area contributed by atoms with Crippen molar-refractivity contribution in [2.24, 2.45) is 5.73 Å². The van der Waals surface area contributed by atoms with Crippen molar-refractivity contribution < 1.29 is 24.0 Å². The molecule has 0 spiro atoms. The number of imide groups is 1. The summed E-state index contributed by atoms with van der Waals surface area (Å²) in [5.41, 5.74) is 7.45. The quantitative estimate of drug-likeness (QED) is 0.400. The fraction of sp³-hybridized carbons (Fsp3) is 0.227. The first-order valence-electron chi connectivity index (χ1n) is 9.93. The molecule has 0 aromatic heterocycles. The second-order valence-electron chi connectivity index (χ2n) is 7.33. The van der Waals surface area contributed by atoms with Crippen LogP contribution in [0, 0.1) is 0 Å². The first-order chi connectivity index (χ1) is 15.2. The molecular weight excluding hydrogens is 414 g/mol. The fourth-order valence-electron chi connectivity index (χ4n) is 3.21. The number of nitrogens with zero attached hydrogens (tertiary/aromatic N) is 1. The number of hydrogen-bond donors (Lipinski definition) is 4. The van der Waals surface area contributed by atoms with E-state index in [1.165, 1.54) is 4.90 Å². The Hall–Kier alpha value is -4.21. The van der Waals surface area contributed by atoms with Crippen molar-refractivity contribution in [2.75, 3.05) is 10.6 Å². The predicted molar refractivity (Wildman–Crippen MR) is 116 cm³/mol. The van der Waals surface area contributed by atoms with Crippen LogP contribution in [0.5, 0.6) is 0 Å². The molecule has 1 atom stereocenters. The van der Waals surface area contributed by atoms with E-state index in [0.29, 0.717) is 11.4 Å². The Morgan fingerprint density at radius 3 is 1.97 bits per heavy atom. The van der Waals surface area contributed by atoms with Crippen LogP contribution < -0.4 is 21.7 Å². The average Bonchev–Trinajstić information content (AvgIpc) is 3.07. The fourth-order valence-corrected chi connectivity index (χ4v) is 3.21. The van der Waals surface area contributed by atoms with Crippen molar-refractivity contribution in [1.82, 2.24) is 10.2 Å². The lowest BCUT2D eigenvalue weighted by atomic mass is 10.1. The van der Waals surface area contributed by atoms with E-state index in [1.54, 1.807) is 55.5 Å². The molecule has 0 saturated carbocycles. The van der Waals surface area contributed by atoms with Gasteiger partial charge in [-0.2, -0.15) is 0 Å². The number of hydrogen-bond acceptors (Lipinski definition) is 5. The largest absolute Gasteiger partial charge is 0.351 e. The summed E-state index contributed by atoms with van der Waals surface area (Å²) >= 11 is 0. The van der Waals surface area contributed by atoms with Crippen molar-refractivity contribution in [3.63, 3.8) is 0 Å². The molecule has 10 heteroatoms. The third kappa shape index (κ3) is 5.69. The van der Waals surface area contributed by atoms with Gasteiger partial charge in [0.2, 0.25) is 11.8 Å². The van der Waals surface area contributed by atoms with Crippen LogP contribution in [0.15, 0.2) is 48.5 Å². The van der Waals surface area contributed by atoms with Crippen LogP contribution in [0.3, 0.4) is 0 Å². The van der Waals surface area contributed by atoms with Crippen molar-refractivity contribution in [3.05, 3.63) is 59.7 Å². The van der Waals surface area contributed by atoms with Gasteiger partial charge in [0.15, 0.2) is 0 Å². The summed E-state index contributed by atoms with van der Waals surface area (Å²) < 4.78 is 0. The summed E-state index contributed by atoms with van der Waals surface area (Å²) in [6, 6.07) is 12.1. The zero-order valence-corrected chi connectivity index (χ0v) is 17.4. The third-order valence-electron chi connectivity index (χ3n) is 4.94. The number of likely N-dealkylation sites (tertiary alicyclic amines) is 1. The lowest BCUT2D eigenvalue weighted by molar-refractivity contribution is -0.139. The summed E-state index contributed by atoms with van der Waals surface area (Å²) in [7, 11) is 0. The van der Waals surface area contributed by atoms with Crippen LogP contribution in [0.25, 0.3) is 0 Å². The Kier molecular flexibility index (Phi) is 6.83. The van der Waals surface area contributed by atoms with Crippen molar-refractivity contribution >= 4 is 41.0 Å². The normalized spacial score (nSPS) is 14.1. The number of carbonyl (C=O) groups excluding carboxylic acids is 5. The first kappa shape index (κ1) is 22.5. The molecule has 1 aliphatic rings. The molecular formula is C22H23N5O5. The molecule has 3 rings (SSSR count). The maximum Gasteiger partial charge on any atom is 0.316 e. The lowest BCUT2D eigenvalue weighted by Crippen LogP contribution is -2.36. The minimum Gasteiger partial charge on any atom is -0.351 e. The van der Waals surface area contributed by atoms with Crippen LogP contribution in [-0.2, 0) is 25.7 Å². The average molecular weight is 437 g/mol. The number of anilines is 2. The maximum absolute atomic E-state index is 12.2. The lowest BCUT2D eigenvalue weighted by Gasteiger charge is -2.15. The Balaban J connectivity index is 1.52. The monoisotopic (exact) mass is 437 g/mol. The molecule has 10 nitrogen and oxygen atoms in total. The molecule has 1 aliphatic heterocycles. The van der Waals surface area contributed by atoms with E-state index in [9.17, 15) is 24.0 Å². The minimum absolute atomic E-state index is 0.178. The summed E-state index contributed by atoms with van der Waals surface area (Å²) in [6.45, 7) is 1.90. The topological polar surface area (TPSA) is 151 Å². The second-order valence-corrected chi connectivity index (χ2v) is 7.33. The number of urea groups is 1. The molecule has 0 radical (unpaired) electrons. The van der Waals surface area contributed by atoms with Crippen molar-refractivity contribution in [3.8, 4) is 0 Å². The molecule has 2 aromatic rings. The Bertz CT molecular complexity index is 1030. The Morgan fingerprint density at radius 1 is 0.875 bits per heavy atom. The van der Waals surface area contributed by atoms with Gasteiger partial charge in [-0.05, 0) is 42.3 Å². The molecule has 1 fully saturated rings. The zero-order chi connectivity index (χ0) is 23.3. The third-order valence-corrected chi connectivity index (χ3v) is 4.94. The number of carbonyl (C=O) groups is 5. The van der Waals surface area contributed by atoms with Crippen molar-refractivity contribution in [1.29, 1.82) is 0 Å². The SMILES string of the molecule is CC(NC(=O)C(=O)Nc1ccc(CN2C(=O)CCC2=O)cc1)c1ccc(NC(N)=O)cc1. The van der Waals surface area contributed by atoms with Crippen LogP contribution in [-0.4, -0.2) is 34.6 Å². The number of nitrogens with two attached hydrogens (primary N) is 1. The smallest absolute Gasteiger partial charge is 0.316 e. The van der Waals surface area contributed by atoms with E-state index in [1.807, 2.05) is 0 Å². The van der Waals surface area contributed by atoms with E-state index in [0.717, 1.165) is 11.1 Å². The number of benzene rings is 2. The van der Waals surface area contributed by atoms with E-state index in [2.05, 4.69) is 16.0 Å². The van der Waals surface area contributed by atoms with Gasteiger partial charge in [0.1, 0.15) is 0 Å². The summed E-state index contributed by atoms with van der Waals surface area (Å²) in [4.78, 5) is 59.9. The number of primary amides is 1. The molecule has 6 amide bonds. The number of rotatable bonds is 6. The highest BCUT2D eigenvalue weighted by atomic mass is 16.2. The molecule has 166 valence electrons. The van der Waals surface area contributed by atoms with Gasteiger partial charge in [0.05, 0.1) is 12.6 Å². The Morgan fingerprint density at radius 2 is 1.41 bits per heavy atom. The highest BCUT2D eigenvalue weighted by molar-refractivity contribution is 6.39. The summed E-state index contributed by atoms with van der Waals surface area (Å²) in [5, 5.41) is 7.55. The van der Waals surface area contributed by atoms with Crippen molar-refractivity contribution in [2.45, 2.75) is 32.4 Å². The van der Waals surface area contributed by atoms with Gasteiger partial charge in [0, 0.05) is 24.2 Å². The molecule has 2 aromatic carbocycles. The molecule has 5 N–H and O–H groups in total. The molecule has 1 heterocycles. The second kappa shape index (κ2) is 9.73. The van der Waals surface area contributed by atoms with Gasteiger partial charge in [-0.15, -0.1) is 0 Å². The van der Waals surface area contributed by atoms with Crippen LogP contribution in [0.2, 0.25) is 0 Å². The van der Waals surface area contributed by atoms with E-state index in [-0.39, 0.29) is 31.2 Å². The standard InChI is InChI=1S/C22H23N5O5/c1-13(15-4-8-17(9-5-15)26-22(23)32)24-20(30)21(31)25-16-6-2-14(3-7-16)12-27-18(28)10-11-19(27)29/h2-9,13H,10-12H2,1H3,(H,24,30)(H,25,31)(H3,23,26,32). The number of nitrogens with one attached hydrogen (secondary N) is 3. The summed E-state index contributed by atoms with van der Waals surface area (Å²) in [5.74, 6) is -2.04. The molecule has 0 aliphatic carbocycles. The molecule has 32 heavy (non-hydrogen) atoms. The molecule has 1 unspecified atom stereocenters. The van der Waals surface area contributed by atoms with E-state index < -0.39 is 23.9 Å². The highest BCUT2D eigenvalue weighted by Crippen LogP contribution is 2.18. The molecule has 1 saturated heterocycles. The van der Waals surface area contributed by atoms with Gasteiger partial charge >= 0.3 is 17.8 Å². The van der Waals surface area contributed by atoms with Gasteiger partial charge in [0.25, 0.3) is 0 Å². The van der Waals surface area contributed by atoms with Crippen LogP contribution >= 0.6 is 0 Å². The molecule has 0 bridgehead atoms. The van der Waals surface area contributed by atoms with Crippen LogP contribution in [0.4, 0.5) is 16.2 Å².